The van der Waals surface area contributed by atoms with Crippen LogP contribution < -0.4 is 0 Å². The SMILES string of the molecule is C=CC(C)C(CC)c1cc(Br)ccc1C1CCC(C)C1. The first-order valence-electron chi connectivity index (χ1n) is 7.98. The molecule has 0 N–H and O–H groups in total. The molecular formula is C19H27Br. The highest BCUT2D eigenvalue weighted by molar-refractivity contribution is 9.10. The molecule has 4 unspecified atom stereocenters. The summed E-state index contributed by atoms with van der Waals surface area (Å²) < 4.78 is 1.21. The van der Waals surface area contributed by atoms with Gasteiger partial charge in [0, 0.05) is 4.47 Å². The fourth-order valence-corrected chi connectivity index (χ4v) is 4.15. The standard InChI is InChI=1S/C19H27Br/c1-5-14(4)17(6-2)19-12-16(20)9-10-18(19)15-8-7-13(3)11-15/h5,9-10,12-15,17H,1,6-8,11H2,2-4H3. The van der Waals surface area contributed by atoms with Gasteiger partial charge in [0.2, 0.25) is 0 Å². The van der Waals surface area contributed by atoms with E-state index in [0.717, 1.165) is 11.8 Å². The van der Waals surface area contributed by atoms with Gasteiger partial charge in [-0.1, -0.05) is 55.3 Å². The van der Waals surface area contributed by atoms with Gasteiger partial charge in [0.1, 0.15) is 0 Å². The van der Waals surface area contributed by atoms with Crippen molar-refractivity contribution in [1.29, 1.82) is 0 Å². The van der Waals surface area contributed by atoms with E-state index in [4.69, 9.17) is 0 Å². The van der Waals surface area contributed by atoms with Gasteiger partial charge in [-0.15, -0.1) is 6.58 Å². The molecule has 0 spiro atoms. The monoisotopic (exact) mass is 334 g/mol. The van der Waals surface area contributed by atoms with E-state index in [1.54, 1.807) is 11.1 Å². The molecule has 0 nitrogen and oxygen atoms in total. The zero-order valence-electron chi connectivity index (χ0n) is 13.0. The van der Waals surface area contributed by atoms with E-state index in [9.17, 15) is 0 Å². The third-order valence-electron chi connectivity index (χ3n) is 5.03. The molecule has 4 atom stereocenters. The van der Waals surface area contributed by atoms with E-state index in [1.165, 1.54) is 30.2 Å². The van der Waals surface area contributed by atoms with Gasteiger partial charge >= 0.3 is 0 Å². The molecule has 1 aromatic rings. The molecule has 1 aliphatic rings. The molecule has 0 aliphatic heterocycles. The van der Waals surface area contributed by atoms with E-state index in [0.29, 0.717) is 11.8 Å². The minimum Gasteiger partial charge on any atom is -0.103 e. The summed E-state index contributed by atoms with van der Waals surface area (Å²) in [6, 6.07) is 6.93. The maximum atomic E-state index is 4.00. The Morgan fingerprint density at radius 1 is 1.40 bits per heavy atom. The molecule has 0 bridgehead atoms. The number of rotatable bonds is 5. The molecule has 0 radical (unpaired) electrons. The molecule has 1 aliphatic carbocycles. The minimum absolute atomic E-state index is 0.534. The molecule has 1 heteroatoms. The highest BCUT2D eigenvalue weighted by Crippen LogP contribution is 2.43. The molecule has 1 saturated carbocycles. The van der Waals surface area contributed by atoms with Gasteiger partial charge in [0.25, 0.3) is 0 Å². The summed E-state index contributed by atoms with van der Waals surface area (Å²) in [5.41, 5.74) is 3.14. The van der Waals surface area contributed by atoms with Crippen LogP contribution in [0, 0.1) is 11.8 Å². The van der Waals surface area contributed by atoms with E-state index < -0.39 is 0 Å². The summed E-state index contributed by atoms with van der Waals surface area (Å²) in [6.07, 6.45) is 7.38. The Balaban J connectivity index is 2.39. The van der Waals surface area contributed by atoms with Crippen molar-refractivity contribution < 1.29 is 0 Å². The Kier molecular flexibility index (Phi) is 5.49. The van der Waals surface area contributed by atoms with Crippen LogP contribution in [0.15, 0.2) is 35.3 Å². The number of allylic oxidation sites excluding steroid dienone is 1. The molecule has 1 fully saturated rings. The first kappa shape index (κ1) is 15.8. The van der Waals surface area contributed by atoms with E-state index >= 15 is 0 Å². The van der Waals surface area contributed by atoms with Crippen molar-refractivity contribution in [2.45, 2.75) is 58.3 Å². The first-order valence-corrected chi connectivity index (χ1v) is 8.78. The normalized spacial score (nSPS) is 25.4. The number of benzene rings is 1. The molecule has 0 saturated heterocycles. The largest absolute Gasteiger partial charge is 0.103 e. The van der Waals surface area contributed by atoms with Crippen LogP contribution in [0.4, 0.5) is 0 Å². The van der Waals surface area contributed by atoms with Crippen LogP contribution in [-0.2, 0) is 0 Å². The smallest absolute Gasteiger partial charge is 0.0178 e. The number of halogens is 1. The second kappa shape index (κ2) is 6.93. The van der Waals surface area contributed by atoms with Gasteiger partial charge in [0.05, 0.1) is 0 Å². The van der Waals surface area contributed by atoms with Gasteiger partial charge in [-0.25, -0.2) is 0 Å². The third-order valence-corrected chi connectivity index (χ3v) is 5.52. The quantitative estimate of drug-likeness (QED) is 0.527. The summed E-state index contributed by atoms with van der Waals surface area (Å²) in [4.78, 5) is 0. The van der Waals surface area contributed by atoms with Crippen molar-refractivity contribution in [3.05, 3.63) is 46.5 Å². The van der Waals surface area contributed by atoms with Crippen LogP contribution in [0.3, 0.4) is 0 Å². The fraction of sp³-hybridized carbons (Fsp3) is 0.579. The molecule has 0 aromatic heterocycles. The van der Waals surface area contributed by atoms with Gasteiger partial charge < -0.3 is 0 Å². The van der Waals surface area contributed by atoms with Crippen LogP contribution in [0.2, 0.25) is 0 Å². The Morgan fingerprint density at radius 3 is 2.70 bits per heavy atom. The summed E-state index contributed by atoms with van der Waals surface area (Å²) in [6.45, 7) is 11.0. The molecule has 0 heterocycles. The topological polar surface area (TPSA) is 0 Å². The minimum atomic E-state index is 0.534. The first-order chi connectivity index (χ1) is 9.56. The predicted octanol–water partition coefficient (Wildman–Crippen LogP) is 6.67. The molecule has 20 heavy (non-hydrogen) atoms. The lowest BCUT2D eigenvalue weighted by molar-refractivity contribution is 0.519. The van der Waals surface area contributed by atoms with Gasteiger partial charge in [-0.2, -0.15) is 0 Å². The Bertz CT molecular complexity index is 463. The summed E-state index contributed by atoms with van der Waals surface area (Å²) in [5.74, 6) is 2.77. The third kappa shape index (κ3) is 3.36. The van der Waals surface area contributed by atoms with Gasteiger partial charge in [-0.05, 0) is 66.2 Å². The highest BCUT2D eigenvalue weighted by Gasteiger charge is 2.27. The lowest BCUT2D eigenvalue weighted by Gasteiger charge is -2.26. The zero-order chi connectivity index (χ0) is 14.7. The Labute approximate surface area is 132 Å². The van der Waals surface area contributed by atoms with Crippen LogP contribution >= 0.6 is 15.9 Å². The van der Waals surface area contributed by atoms with Gasteiger partial charge in [0.15, 0.2) is 0 Å². The maximum absolute atomic E-state index is 4.00. The summed E-state index contributed by atoms with van der Waals surface area (Å²) >= 11 is 3.66. The lowest BCUT2D eigenvalue weighted by atomic mass is 9.79. The molecule has 0 amide bonds. The van der Waals surface area contributed by atoms with Crippen LogP contribution in [-0.4, -0.2) is 0 Å². The maximum Gasteiger partial charge on any atom is 0.0178 e. The van der Waals surface area contributed by atoms with Crippen molar-refractivity contribution in [2.24, 2.45) is 11.8 Å². The predicted molar refractivity (Wildman–Crippen MR) is 92.3 cm³/mol. The van der Waals surface area contributed by atoms with Crippen LogP contribution in [0.1, 0.15) is 69.4 Å². The average molecular weight is 335 g/mol. The van der Waals surface area contributed by atoms with Crippen molar-refractivity contribution in [1.82, 2.24) is 0 Å². The van der Waals surface area contributed by atoms with Crippen molar-refractivity contribution >= 4 is 15.9 Å². The van der Waals surface area contributed by atoms with Crippen molar-refractivity contribution in [2.75, 3.05) is 0 Å². The van der Waals surface area contributed by atoms with Crippen LogP contribution in [0.5, 0.6) is 0 Å². The van der Waals surface area contributed by atoms with E-state index in [-0.39, 0.29) is 0 Å². The van der Waals surface area contributed by atoms with Crippen LogP contribution in [0.25, 0.3) is 0 Å². The average Bonchev–Trinajstić information content (AvgIpc) is 2.86. The van der Waals surface area contributed by atoms with Crippen molar-refractivity contribution in [3.8, 4) is 0 Å². The lowest BCUT2D eigenvalue weighted by Crippen LogP contribution is -2.11. The second-order valence-corrected chi connectivity index (χ2v) is 7.41. The summed E-state index contributed by atoms with van der Waals surface area (Å²) in [7, 11) is 0. The Hall–Kier alpha value is -0.560. The van der Waals surface area contributed by atoms with E-state index in [1.807, 2.05) is 0 Å². The second-order valence-electron chi connectivity index (χ2n) is 6.50. The van der Waals surface area contributed by atoms with Gasteiger partial charge in [-0.3, -0.25) is 0 Å². The van der Waals surface area contributed by atoms with E-state index in [2.05, 4.69) is 67.6 Å². The van der Waals surface area contributed by atoms with Crippen molar-refractivity contribution in [3.63, 3.8) is 0 Å². The number of hydrogen-bond acceptors (Lipinski definition) is 0. The molecular weight excluding hydrogens is 308 g/mol. The fourth-order valence-electron chi connectivity index (χ4n) is 3.77. The summed E-state index contributed by atoms with van der Waals surface area (Å²) in [5, 5.41) is 0. The number of hydrogen-bond donors (Lipinski definition) is 0. The molecule has 1 aromatic carbocycles. The highest BCUT2D eigenvalue weighted by atomic mass is 79.9. The molecule has 2 rings (SSSR count). The Morgan fingerprint density at radius 2 is 2.15 bits per heavy atom. The molecule has 110 valence electrons. The zero-order valence-corrected chi connectivity index (χ0v) is 14.6.